The minimum Gasteiger partial charge on any atom is -0.357 e. The van der Waals surface area contributed by atoms with Crippen LogP contribution in [0.15, 0.2) is 113 Å². The molecule has 2 unspecified atom stereocenters. The molecule has 38 heavy (non-hydrogen) atoms. The first-order valence-corrected chi connectivity index (χ1v) is 13.2. The fourth-order valence-corrected chi connectivity index (χ4v) is 4.42. The Morgan fingerprint density at radius 1 is 1.00 bits per heavy atom. The molecule has 0 aromatic heterocycles. The summed E-state index contributed by atoms with van der Waals surface area (Å²) in [5.41, 5.74) is 9.91. The Hall–Kier alpha value is -4.20. The predicted molar refractivity (Wildman–Crippen MR) is 160 cm³/mol. The van der Waals surface area contributed by atoms with E-state index in [0.717, 1.165) is 41.9 Å². The molecule has 0 radical (unpaired) electrons. The molecule has 4 nitrogen and oxygen atoms in total. The van der Waals surface area contributed by atoms with Crippen LogP contribution in [0.4, 0.5) is 5.69 Å². The van der Waals surface area contributed by atoms with Crippen molar-refractivity contribution in [3.8, 4) is 6.07 Å². The molecule has 1 saturated carbocycles. The summed E-state index contributed by atoms with van der Waals surface area (Å²) >= 11 is 0. The van der Waals surface area contributed by atoms with Crippen molar-refractivity contribution in [3.05, 3.63) is 131 Å². The number of aliphatic imine (C=N–C) groups is 1. The van der Waals surface area contributed by atoms with Crippen molar-refractivity contribution in [2.24, 2.45) is 4.99 Å². The van der Waals surface area contributed by atoms with Crippen LogP contribution in [0.2, 0.25) is 0 Å². The maximum Gasteiger partial charge on any atom is 0.0991 e. The fraction of sp³-hybridized carbons (Fsp3) is 0.235. The summed E-state index contributed by atoms with van der Waals surface area (Å²) in [5, 5.41) is 16.7. The second-order valence-electron chi connectivity index (χ2n) is 9.84. The maximum absolute atomic E-state index is 9.12. The molecular formula is C34H36N4. The smallest absolute Gasteiger partial charge is 0.0991 e. The summed E-state index contributed by atoms with van der Waals surface area (Å²) < 4.78 is 0. The van der Waals surface area contributed by atoms with Crippen molar-refractivity contribution >= 4 is 17.5 Å². The van der Waals surface area contributed by atoms with E-state index >= 15 is 0 Å². The number of allylic oxidation sites excluding steroid dienone is 4. The van der Waals surface area contributed by atoms with Crippen LogP contribution in [-0.4, -0.2) is 12.8 Å². The molecule has 3 aromatic rings. The zero-order valence-corrected chi connectivity index (χ0v) is 22.5. The van der Waals surface area contributed by atoms with Gasteiger partial charge in [0.1, 0.15) is 0 Å². The first-order valence-electron chi connectivity index (χ1n) is 13.2. The average Bonchev–Trinajstić information content (AvgIpc) is 3.79. The summed E-state index contributed by atoms with van der Waals surface area (Å²) in [7, 11) is 0. The molecule has 0 bridgehead atoms. The molecule has 3 aromatic carbocycles. The lowest BCUT2D eigenvalue weighted by molar-refractivity contribution is 0.553. The van der Waals surface area contributed by atoms with Gasteiger partial charge in [-0.15, -0.1) is 0 Å². The largest absolute Gasteiger partial charge is 0.357 e. The lowest BCUT2D eigenvalue weighted by atomic mass is 9.97. The van der Waals surface area contributed by atoms with Crippen LogP contribution >= 0.6 is 0 Å². The number of rotatable bonds is 11. The third kappa shape index (κ3) is 7.18. The van der Waals surface area contributed by atoms with Crippen molar-refractivity contribution in [1.29, 1.82) is 5.26 Å². The van der Waals surface area contributed by atoms with E-state index in [4.69, 9.17) is 5.26 Å². The lowest BCUT2D eigenvalue weighted by Gasteiger charge is -2.26. The Kier molecular flexibility index (Phi) is 9.08. The Labute approximate surface area is 227 Å². The van der Waals surface area contributed by atoms with E-state index in [2.05, 4.69) is 108 Å². The van der Waals surface area contributed by atoms with Gasteiger partial charge in [0.25, 0.3) is 0 Å². The standard InChI is InChI=1S/C34H36N4/c1-5-27(23-36-24(2)3)29-17-19-32(20-18-29)38-34(31-15-16-31)33(30-9-7-6-8-10-30)37-22-25(4)28-13-11-26(21-35)12-14-28/h5-14,17-20,23,25,33,37-38H,2,15-16,22H2,1,3-4H3/b27-5+,36-23-. The van der Waals surface area contributed by atoms with Crippen LogP contribution in [-0.2, 0) is 0 Å². The molecule has 0 amide bonds. The van der Waals surface area contributed by atoms with Gasteiger partial charge in [0.05, 0.1) is 17.7 Å². The molecule has 4 heteroatoms. The van der Waals surface area contributed by atoms with Crippen LogP contribution in [0.1, 0.15) is 67.8 Å². The predicted octanol–water partition coefficient (Wildman–Crippen LogP) is 8.16. The monoisotopic (exact) mass is 500 g/mol. The molecule has 0 aliphatic heterocycles. The molecule has 4 rings (SSSR count). The van der Waals surface area contributed by atoms with Gasteiger partial charge in [-0.25, -0.2) is 0 Å². The number of hydrogen-bond acceptors (Lipinski definition) is 4. The molecule has 0 spiro atoms. The van der Waals surface area contributed by atoms with E-state index < -0.39 is 0 Å². The molecule has 2 N–H and O–H groups in total. The Morgan fingerprint density at radius 3 is 2.26 bits per heavy atom. The molecule has 1 fully saturated rings. The zero-order valence-electron chi connectivity index (χ0n) is 22.5. The summed E-state index contributed by atoms with van der Waals surface area (Å²) in [6.07, 6.45) is 6.18. The molecule has 2 atom stereocenters. The topological polar surface area (TPSA) is 60.2 Å². The number of nitrogens with one attached hydrogen (secondary N) is 2. The second kappa shape index (κ2) is 12.9. The van der Waals surface area contributed by atoms with E-state index in [9.17, 15) is 0 Å². The van der Waals surface area contributed by atoms with Crippen LogP contribution in [0.3, 0.4) is 0 Å². The number of benzene rings is 3. The number of hydrogen-bond donors (Lipinski definition) is 2. The molecule has 0 saturated heterocycles. The lowest BCUT2D eigenvalue weighted by Crippen LogP contribution is -2.29. The third-order valence-electron chi connectivity index (χ3n) is 6.77. The van der Waals surface area contributed by atoms with E-state index in [1.165, 1.54) is 22.4 Å². The van der Waals surface area contributed by atoms with Gasteiger partial charge < -0.3 is 10.6 Å². The maximum atomic E-state index is 9.12. The van der Waals surface area contributed by atoms with Gasteiger partial charge in [-0.3, -0.25) is 4.99 Å². The van der Waals surface area contributed by atoms with Gasteiger partial charge >= 0.3 is 0 Å². The van der Waals surface area contributed by atoms with Gasteiger partial charge in [0, 0.05) is 29.8 Å². The van der Waals surface area contributed by atoms with Gasteiger partial charge in [0.15, 0.2) is 0 Å². The van der Waals surface area contributed by atoms with Gasteiger partial charge in [-0.2, -0.15) is 5.26 Å². The molecule has 0 heterocycles. The summed E-state index contributed by atoms with van der Waals surface area (Å²) in [6.45, 7) is 10.8. The molecule has 1 aliphatic carbocycles. The molecule has 192 valence electrons. The Balaban J connectivity index is 1.54. The summed E-state index contributed by atoms with van der Waals surface area (Å²) in [6, 6.07) is 29.4. The van der Waals surface area contributed by atoms with Crippen molar-refractivity contribution in [2.45, 2.75) is 45.6 Å². The van der Waals surface area contributed by atoms with Crippen LogP contribution < -0.4 is 10.6 Å². The highest BCUT2D eigenvalue weighted by Crippen LogP contribution is 2.38. The quantitative estimate of drug-likeness (QED) is 0.261. The normalized spacial score (nSPS) is 14.6. The number of nitriles is 1. The first kappa shape index (κ1) is 26.9. The van der Waals surface area contributed by atoms with E-state index in [0.29, 0.717) is 11.5 Å². The minimum absolute atomic E-state index is 0.0583. The highest BCUT2D eigenvalue weighted by atomic mass is 15.0. The van der Waals surface area contributed by atoms with Crippen LogP contribution in [0.25, 0.3) is 5.57 Å². The van der Waals surface area contributed by atoms with E-state index in [1.54, 1.807) is 0 Å². The average molecular weight is 501 g/mol. The van der Waals surface area contributed by atoms with Gasteiger partial charge in [0.2, 0.25) is 0 Å². The highest BCUT2D eigenvalue weighted by molar-refractivity contribution is 6.10. The SMILES string of the molecule is C=C(C)/N=C\C(=C/C)c1ccc(NC(=C2CC2)C(NCC(C)c2ccc(C#N)cc2)c2ccccc2)cc1. The van der Waals surface area contributed by atoms with Crippen molar-refractivity contribution in [1.82, 2.24) is 5.32 Å². The number of anilines is 1. The van der Waals surface area contributed by atoms with Crippen molar-refractivity contribution in [2.75, 3.05) is 11.9 Å². The first-order chi connectivity index (χ1) is 18.5. The second-order valence-corrected chi connectivity index (χ2v) is 9.84. The van der Waals surface area contributed by atoms with Crippen LogP contribution in [0, 0.1) is 11.3 Å². The van der Waals surface area contributed by atoms with Crippen LogP contribution in [0.5, 0.6) is 0 Å². The Bertz CT molecular complexity index is 1370. The minimum atomic E-state index is 0.0583. The summed E-state index contributed by atoms with van der Waals surface area (Å²) in [4.78, 5) is 4.36. The third-order valence-corrected chi connectivity index (χ3v) is 6.77. The van der Waals surface area contributed by atoms with Crippen molar-refractivity contribution in [3.63, 3.8) is 0 Å². The van der Waals surface area contributed by atoms with Gasteiger partial charge in [-0.1, -0.05) is 74.2 Å². The summed E-state index contributed by atoms with van der Waals surface area (Å²) in [5.74, 6) is 0.304. The van der Waals surface area contributed by atoms with E-state index in [1.807, 2.05) is 32.2 Å². The highest BCUT2D eigenvalue weighted by Gasteiger charge is 2.26. The molecule has 1 aliphatic rings. The van der Waals surface area contributed by atoms with E-state index in [-0.39, 0.29) is 6.04 Å². The molecular weight excluding hydrogens is 464 g/mol. The Morgan fingerprint density at radius 2 is 1.68 bits per heavy atom. The van der Waals surface area contributed by atoms with Crippen molar-refractivity contribution < 1.29 is 0 Å². The fourth-order valence-electron chi connectivity index (χ4n) is 4.42. The zero-order chi connectivity index (χ0) is 26.9. The van der Waals surface area contributed by atoms with Gasteiger partial charge in [-0.05, 0) is 84.7 Å². The number of nitrogens with zero attached hydrogens (tertiary/aromatic N) is 2.